The summed E-state index contributed by atoms with van der Waals surface area (Å²) in [6, 6.07) is 5.82. The van der Waals surface area contributed by atoms with Crippen molar-refractivity contribution in [3.63, 3.8) is 0 Å². The normalized spacial score (nSPS) is 20.0. The molecule has 1 aliphatic rings. The lowest BCUT2D eigenvalue weighted by Gasteiger charge is -2.08. The van der Waals surface area contributed by atoms with Crippen LogP contribution >= 0.6 is 0 Å². The van der Waals surface area contributed by atoms with Crippen LogP contribution in [0.15, 0.2) is 18.2 Å². The smallest absolute Gasteiger partial charge is 0.142 e. The van der Waals surface area contributed by atoms with Crippen molar-refractivity contribution in [2.24, 2.45) is 5.92 Å². The molecule has 1 aromatic carbocycles. The van der Waals surface area contributed by atoms with E-state index in [1.165, 1.54) is 0 Å². The largest absolute Gasteiger partial charge is 0.497 e. The molecule has 0 bridgehead atoms. The number of nitrogens with one attached hydrogen (secondary N) is 1. The summed E-state index contributed by atoms with van der Waals surface area (Å²) in [4.78, 5) is 0. The Hall–Kier alpha value is -1.38. The predicted molar refractivity (Wildman–Crippen MR) is 56.1 cm³/mol. The molecule has 3 heteroatoms. The molecule has 1 atom stereocenters. The van der Waals surface area contributed by atoms with E-state index in [2.05, 4.69) is 12.2 Å². The van der Waals surface area contributed by atoms with Crippen molar-refractivity contribution in [1.29, 1.82) is 0 Å². The first kappa shape index (κ1) is 9.19. The molecule has 1 aromatic rings. The Bertz CT molecular complexity index is 325. The molecule has 0 saturated heterocycles. The van der Waals surface area contributed by atoms with Crippen LogP contribution in [0.3, 0.4) is 0 Å². The molecule has 1 N–H and O–H groups in total. The van der Waals surface area contributed by atoms with Crippen molar-refractivity contribution in [2.75, 3.05) is 25.6 Å². The number of methoxy groups -OCH3 is 1. The molecule has 0 aliphatic carbocycles. The average molecular weight is 193 g/mol. The van der Waals surface area contributed by atoms with Crippen LogP contribution in [0.2, 0.25) is 0 Å². The van der Waals surface area contributed by atoms with Crippen LogP contribution in [0, 0.1) is 5.92 Å². The Balaban J connectivity index is 2.27. The number of hydrogen-bond acceptors (Lipinski definition) is 3. The minimum absolute atomic E-state index is 0.536. The number of fused-ring (bicyclic) bond motifs is 1. The van der Waals surface area contributed by atoms with Gasteiger partial charge in [-0.1, -0.05) is 6.92 Å². The fourth-order valence-corrected chi connectivity index (χ4v) is 1.48. The second-order valence-corrected chi connectivity index (χ2v) is 3.66. The van der Waals surface area contributed by atoms with Gasteiger partial charge in [-0.15, -0.1) is 0 Å². The number of ether oxygens (including phenoxy) is 2. The van der Waals surface area contributed by atoms with Gasteiger partial charge in [0.05, 0.1) is 19.4 Å². The Morgan fingerprint density at radius 2 is 2.36 bits per heavy atom. The zero-order valence-corrected chi connectivity index (χ0v) is 8.54. The molecule has 0 aromatic heterocycles. The van der Waals surface area contributed by atoms with E-state index in [0.29, 0.717) is 5.92 Å². The van der Waals surface area contributed by atoms with Crippen molar-refractivity contribution in [2.45, 2.75) is 6.92 Å². The monoisotopic (exact) mass is 193 g/mol. The maximum absolute atomic E-state index is 5.64. The molecule has 1 heterocycles. The van der Waals surface area contributed by atoms with E-state index in [4.69, 9.17) is 9.47 Å². The van der Waals surface area contributed by atoms with Gasteiger partial charge in [0.2, 0.25) is 0 Å². The van der Waals surface area contributed by atoms with Gasteiger partial charge in [-0.05, 0) is 12.1 Å². The van der Waals surface area contributed by atoms with Crippen LogP contribution in [0.5, 0.6) is 11.5 Å². The van der Waals surface area contributed by atoms with Crippen LogP contribution < -0.4 is 14.8 Å². The Morgan fingerprint density at radius 3 is 3.14 bits per heavy atom. The van der Waals surface area contributed by atoms with Gasteiger partial charge in [0.1, 0.15) is 11.5 Å². The van der Waals surface area contributed by atoms with Crippen molar-refractivity contribution < 1.29 is 9.47 Å². The lowest BCUT2D eigenvalue weighted by atomic mass is 10.2. The molecular formula is C11H15NO2. The number of hydrogen-bond donors (Lipinski definition) is 1. The van der Waals surface area contributed by atoms with Crippen molar-refractivity contribution in [1.82, 2.24) is 0 Å². The van der Waals surface area contributed by atoms with E-state index >= 15 is 0 Å². The molecule has 1 aliphatic heterocycles. The van der Waals surface area contributed by atoms with Crippen LogP contribution in [0.25, 0.3) is 0 Å². The molecule has 2 rings (SSSR count). The van der Waals surface area contributed by atoms with E-state index in [0.717, 1.165) is 30.3 Å². The molecule has 0 saturated carbocycles. The predicted octanol–water partition coefficient (Wildman–Crippen LogP) is 2.14. The molecule has 0 amide bonds. The average Bonchev–Trinajstić information content (AvgIpc) is 2.40. The second kappa shape index (κ2) is 3.78. The number of anilines is 1. The molecule has 0 radical (unpaired) electrons. The van der Waals surface area contributed by atoms with E-state index in [1.807, 2.05) is 18.2 Å². The van der Waals surface area contributed by atoms with Gasteiger partial charge in [0.15, 0.2) is 0 Å². The minimum Gasteiger partial charge on any atom is -0.497 e. The van der Waals surface area contributed by atoms with Gasteiger partial charge < -0.3 is 14.8 Å². The molecule has 1 unspecified atom stereocenters. The van der Waals surface area contributed by atoms with Crippen molar-refractivity contribution >= 4 is 5.69 Å². The lowest BCUT2D eigenvalue weighted by Crippen LogP contribution is -2.13. The highest BCUT2D eigenvalue weighted by Gasteiger charge is 2.13. The first-order valence-electron chi connectivity index (χ1n) is 4.84. The lowest BCUT2D eigenvalue weighted by molar-refractivity contribution is 0.275. The Kier molecular flexibility index (Phi) is 2.48. The van der Waals surface area contributed by atoms with Gasteiger partial charge in [0.25, 0.3) is 0 Å². The number of rotatable bonds is 1. The molecule has 76 valence electrons. The van der Waals surface area contributed by atoms with E-state index in [9.17, 15) is 0 Å². The minimum atomic E-state index is 0.536. The summed E-state index contributed by atoms with van der Waals surface area (Å²) in [5.74, 6) is 2.30. The van der Waals surface area contributed by atoms with Gasteiger partial charge in [-0.2, -0.15) is 0 Å². The Labute approximate surface area is 84.0 Å². The first-order valence-corrected chi connectivity index (χ1v) is 4.84. The van der Waals surface area contributed by atoms with E-state index < -0.39 is 0 Å². The summed E-state index contributed by atoms with van der Waals surface area (Å²) in [7, 11) is 1.67. The van der Waals surface area contributed by atoms with E-state index in [1.54, 1.807) is 7.11 Å². The standard InChI is InChI=1S/C11H15NO2/c1-8-6-12-10-5-9(13-2)3-4-11(10)14-7-8/h3-5,8,12H,6-7H2,1-2H3. The third kappa shape index (κ3) is 1.76. The van der Waals surface area contributed by atoms with Gasteiger partial charge in [-0.3, -0.25) is 0 Å². The van der Waals surface area contributed by atoms with Crippen LogP contribution in [-0.4, -0.2) is 20.3 Å². The summed E-state index contributed by atoms with van der Waals surface area (Å²) in [6.07, 6.45) is 0. The third-order valence-electron chi connectivity index (χ3n) is 2.35. The fourth-order valence-electron chi connectivity index (χ4n) is 1.48. The fraction of sp³-hybridized carbons (Fsp3) is 0.455. The summed E-state index contributed by atoms with van der Waals surface area (Å²) in [5, 5.41) is 3.34. The zero-order chi connectivity index (χ0) is 9.97. The molecular weight excluding hydrogens is 178 g/mol. The molecule has 3 nitrogen and oxygen atoms in total. The van der Waals surface area contributed by atoms with Gasteiger partial charge >= 0.3 is 0 Å². The van der Waals surface area contributed by atoms with Crippen molar-refractivity contribution in [3.8, 4) is 11.5 Å². The molecule has 0 fully saturated rings. The second-order valence-electron chi connectivity index (χ2n) is 3.66. The summed E-state index contributed by atoms with van der Waals surface area (Å²) in [5.41, 5.74) is 1.02. The highest BCUT2D eigenvalue weighted by Crippen LogP contribution is 2.31. The first-order chi connectivity index (χ1) is 6.79. The van der Waals surface area contributed by atoms with Gasteiger partial charge in [-0.25, -0.2) is 0 Å². The quantitative estimate of drug-likeness (QED) is 0.741. The summed E-state index contributed by atoms with van der Waals surface area (Å²) >= 11 is 0. The van der Waals surface area contributed by atoms with E-state index in [-0.39, 0.29) is 0 Å². The topological polar surface area (TPSA) is 30.5 Å². The van der Waals surface area contributed by atoms with Gasteiger partial charge in [0, 0.05) is 18.5 Å². The maximum Gasteiger partial charge on any atom is 0.142 e. The summed E-state index contributed by atoms with van der Waals surface area (Å²) < 4.78 is 10.8. The van der Waals surface area contributed by atoms with Crippen LogP contribution in [-0.2, 0) is 0 Å². The Morgan fingerprint density at radius 1 is 1.50 bits per heavy atom. The SMILES string of the molecule is COc1ccc2c(c1)NCC(C)CO2. The summed E-state index contributed by atoms with van der Waals surface area (Å²) in [6.45, 7) is 3.88. The van der Waals surface area contributed by atoms with Crippen molar-refractivity contribution in [3.05, 3.63) is 18.2 Å². The zero-order valence-electron chi connectivity index (χ0n) is 8.54. The maximum atomic E-state index is 5.64. The molecule has 0 spiro atoms. The van der Waals surface area contributed by atoms with Crippen LogP contribution in [0.1, 0.15) is 6.92 Å². The highest BCUT2D eigenvalue weighted by molar-refractivity contribution is 5.60. The number of benzene rings is 1. The third-order valence-corrected chi connectivity index (χ3v) is 2.35. The van der Waals surface area contributed by atoms with Crippen LogP contribution in [0.4, 0.5) is 5.69 Å². The highest BCUT2D eigenvalue weighted by atomic mass is 16.5. The molecule has 14 heavy (non-hydrogen) atoms.